The summed E-state index contributed by atoms with van der Waals surface area (Å²) < 4.78 is 17.9. The standard InChI is InChI=1S/C17H16FNO3/c1-22-16(20)12-19(11-13-6-3-2-4-7-13)17(21)14-8-5-9-15(18)10-14/h2-10H,11-12H2,1H3. The molecule has 5 heteroatoms. The van der Waals surface area contributed by atoms with Gasteiger partial charge in [0.1, 0.15) is 12.4 Å². The number of esters is 1. The summed E-state index contributed by atoms with van der Waals surface area (Å²) in [6, 6.07) is 14.6. The molecular weight excluding hydrogens is 285 g/mol. The molecule has 0 aliphatic carbocycles. The number of nitrogens with zero attached hydrogens (tertiary/aromatic N) is 1. The molecule has 2 rings (SSSR count). The largest absolute Gasteiger partial charge is 0.468 e. The SMILES string of the molecule is COC(=O)CN(Cc1ccccc1)C(=O)c1cccc(F)c1. The van der Waals surface area contributed by atoms with Gasteiger partial charge in [-0.05, 0) is 23.8 Å². The van der Waals surface area contributed by atoms with Gasteiger partial charge in [0, 0.05) is 12.1 Å². The lowest BCUT2D eigenvalue weighted by Gasteiger charge is -2.21. The molecule has 0 spiro atoms. The van der Waals surface area contributed by atoms with Gasteiger partial charge < -0.3 is 9.64 Å². The maximum absolute atomic E-state index is 13.3. The molecule has 22 heavy (non-hydrogen) atoms. The highest BCUT2D eigenvalue weighted by molar-refractivity contribution is 5.95. The van der Waals surface area contributed by atoms with E-state index < -0.39 is 17.7 Å². The molecule has 114 valence electrons. The number of carbonyl (C=O) groups excluding carboxylic acids is 2. The maximum atomic E-state index is 13.3. The molecule has 0 heterocycles. The predicted molar refractivity (Wildman–Crippen MR) is 79.6 cm³/mol. The van der Waals surface area contributed by atoms with Crippen LogP contribution in [0.3, 0.4) is 0 Å². The Morgan fingerprint density at radius 2 is 1.82 bits per heavy atom. The summed E-state index contributed by atoms with van der Waals surface area (Å²) in [5.41, 5.74) is 1.07. The van der Waals surface area contributed by atoms with Gasteiger partial charge in [-0.15, -0.1) is 0 Å². The van der Waals surface area contributed by atoms with Crippen molar-refractivity contribution >= 4 is 11.9 Å². The third-order valence-electron chi connectivity index (χ3n) is 3.12. The van der Waals surface area contributed by atoms with Gasteiger partial charge in [-0.25, -0.2) is 4.39 Å². The normalized spacial score (nSPS) is 10.1. The van der Waals surface area contributed by atoms with Gasteiger partial charge >= 0.3 is 5.97 Å². The minimum absolute atomic E-state index is 0.194. The second kappa shape index (κ2) is 7.36. The van der Waals surface area contributed by atoms with E-state index in [4.69, 9.17) is 0 Å². The third-order valence-corrected chi connectivity index (χ3v) is 3.12. The molecule has 0 radical (unpaired) electrons. The van der Waals surface area contributed by atoms with E-state index in [1.807, 2.05) is 30.3 Å². The molecule has 0 saturated heterocycles. The van der Waals surface area contributed by atoms with Gasteiger partial charge in [-0.3, -0.25) is 9.59 Å². The second-order valence-corrected chi connectivity index (χ2v) is 4.73. The number of carbonyl (C=O) groups is 2. The fraction of sp³-hybridized carbons (Fsp3) is 0.176. The fourth-order valence-corrected chi connectivity index (χ4v) is 2.03. The topological polar surface area (TPSA) is 46.6 Å². The summed E-state index contributed by atoms with van der Waals surface area (Å²) in [5.74, 6) is -1.45. The van der Waals surface area contributed by atoms with Crippen molar-refractivity contribution in [1.82, 2.24) is 4.90 Å². The van der Waals surface area contributed by atoms with Gasteiger partial charge in [0.2, 0.25) is 0 Å². The highest BCUT2D eigenvalue weighted by Crippen LogP contribution is 2.11. The summed E-state index contributed by atoms with van der Waals surface area (Å²) in [6.45, 7) is 0.0476. The van der Waals surface area contributed by atoms with E-state index in [0.29, 0.717) is 0 Å². The second-order valence-electron chi connectivity index (χ2n) is 4.73. The number of benzene rings is 2. The van der Waals surface area contributed by atoms with Crippen molar-refractivity contribution in [2.45, 2.75) is 6.54 Å². The minimum atomic E-state index is -0.527. The molecule has 4 nitrogen and oxygen atoms in total. The molecule has 0 unspecified atom stereocenters. The monoisotopic (exact) mass is 301 g/mol. The molecule has 0 N–H and O–H groups in total. The van der Waals surface area contributed by atoms with E-state index in [2.05, 4.69) is 4.74 Å². The van der Waals surface area contributed by atoms with E-state index in [1.165, 1.54) is 30.2 Å². The Labute approximate surface area is 128 Å². The van der Waals surface area contributed by atoms with Gasteiger partial charge in [0.25, 0.3) is 5.91 Å². The Balaban J connectivity index is 2.23. The molecule has 0 aromatic heterocycles. The highest BCUT2D eigenvalue weighted by atomic mass is 19.1. The van der Waals surface area contributed by atoms with Crippen LogP contribution in [0.1, 0.15) is 15.9 Å². The first-order chi connectivity index (χ1) is 10.6. The molecule has 2 aromatic rings. The molecule has 0 aliphatic rings. The van der Waals surface area contributed by atoms with E-state index >= 15 is 0 Å². The first kappa shape index (κ1) is 15.7. The third kappa shape index (κ3) is 4.15. The van der Waals surface area contributed by atoms with Crippen molar-refractivity contribution in [3.63, 3.8) is 0 Å². The van der Waals surface area contributed by atoms with Crippen molar-refractivity contribution in [3.8, 4) is 0 Å². The summed E-state index contributed by atoms with van der Waals surface area (Å²) in [7, 11) is 1.26. The van der Waals surface area contributed by atoms with Crippen molar-refractivity contribution in [2.75, 3.05) is 13.7 Å². The Morgan fingerprint density at radius 3 is 2.45 bits per heavy atom. The van der Waals surface area contributed by atoms with Crippen molar-refractivity contribution < 1.29 is 18.7 Å². The average molecular weight is 301 g/mol. The van der Waals surface area contributed by atoms with Crippen LogP contribution in [0, 0.1) is 5.82 Å². The Kier molecular flexibility index (Phi) is 5.25. The van der Waals surface area contributed by atoms with Crippen LogP contribution in [0.4, 0.5) is 4.39 Å². The van der Waals surface area contributed by atoms with Crippen LogP contribution in [0.2, 0.25) is 0 Å². The fourth-order valence-electron chi connectivity index (χ4n) is 2.03. The van der Waals surface area contributed by atoms with Gasteiger partial charge in [0.15, 0.2) is 0 Å². The van der Waals surface area contributed by atoms with Crippen molar-refractivity contribution in [1.29, 1.82) is 0 Å². The van der Waals surface area contributed by atoms with Gasteiger partial charge in [-0.1, -0.05) is 36.4 Å². The van der Waals surface area contributed by atoms with Crippen molar-refractivity contribution in [2.24, 2.45) is 0 Å². The molecule has 0 bridgehead atoms. The number of amides is 1. The molecular formula is C17H16FNO3. The molecule has 0 fully saturated rings. The summed E-state index contributed by atoms with van der Waals surface area (Å²) in [5, 5.41) is 0. The van der Waals surface area contributed by atoms with Crippen LogP contribution in [0.5, 0.6) is 0 Å². The zero-order valence-electron chi connectivity index (χ0n) is 12.2. The lowest BCUT2D eigenvalue weighted by Crippen LogP contribution is -2.35. The Bertz CT molecular complexity index is 658. The van der Waals surface area contributed by atoms with Crippen LogP contribution in [-0.4, -0.2) is 30.4 Å². The maximum Gasteiger partial charge on any atom is 0.325 e. The van der Waals surface area contributed by atoms with E-state index in [9.17, 15) is 14.0 Å². The Morgan fingerprint density at radius 1 is 1.09 bits per heavy atom. The smallest absolute Gasteiger partial charge is 0.325 e. The van der Waals surface area contributed by atoms with Crippen LogP contribution in [0.15, 0.2) is 54.6 Å². The number of ether oxygens (including phenoxy) is 1. The number of rotatable bonds is 5. The zero-order valence-corrected chi connectivity index (χ0v) is 12.2. The molecule has 2 aromatic carbocycles. The first-order valence-electron chi connectivity index (χ1n) is 6.75. The molecule has 0 aliphatic heterocycles. The first-order valence-corrected chi connectivity index (χ1v) is 6.75. The number of methoxy groups -OCH3 is 1. The van der Waals surface area contributed by atoms with E-state index in [1.54, 1.807) is 0 Å². The zero-order chi connectivity index (χ0) is 15.9. The predicted octanol–water partition coefficient (Wildman–Crippen LogP) is 2.64. The summed E-state index contributed by atoms with van der Waals surface area (Å²) in [6.07, 6.45) is 0. The van der Waals surface area contributed by atoms with Crippen molar-refractivity contribution in [3.05, 3.63) is 71.5 Å². The highest BCUT2D eigenvalue weighted by Gasteiger charge is 2.20. The van der Waals surface area contributed by atoms with Gasteiger partial charge in [0.05, 0.1) is 7.11 Å². The minimum Gasteiger partial charge on any atom is -0.468 e. The quantitative estimate of drug-likeness (QED) is 0.798. The lowest BCUT2D eigenvalue weighted by molar-refractivity contribution is -0.141. The Hall–Kier alpha value is -2.69. The average Bonchev–Trinajstić information content (AvgIpc) is 2.54. The molecule has 0 atom stereocenters. The summed E-state index contributed by atoms with van der Waals surface area (Å²) in [4.78, 5) is 25.4. The van der Waals surface area contributed by atoms with Gasteiger partial charge in [-0.2, -0.15) is 0 Å². The molecule has 1 amide bonds. The van der Waals surface area contributed by atoms with Crippen LogP contribution in [0.25, 0.3) is 0 Å². The van der Waals surface area contributed by atoms with E-state index in [0.717, 1.165) is 11.6 Å². The molecule has 0 saturated carbocycles. The number of hydrogen-bond acceptors (Lipinski definition) is 3. The van der Waals surface area contributed by atoms with Crippen LogP contribution in [-0.2, 0) is 16.1 Å². The van der Waals surface area contributed by atoms with E-state index in [-0.39, 0.29) is 18.7 Å². The summed E-state index contributed by atoms with van der Waals surface area (Å²) >= 11 is 0. The number of halogens is 1. The van der Waals surface area contributed by atoms with Crippen LogP contribution >= 0.6 is 0 Å². The lowest BCUT2D eigenvalue weighted by atomic mass is 10.1. The number of hydrogen-bond donors (Lipinski definition) is 0. The van der Waals surface area contributed by atoms with Crippen LogP contribution < -0.4 is 0 Å².